The molecule has 0 aliphatic carbocycles. The Kier molecular flexibility index (Phi) is 6.96. The summed E-state index contributed by atoms with van der Waals surface area (Å²) >= 11 is 0. The molecule has 0 bridgehead atoms. The van der Waals surface area contributed by atoms with Gasteiger partial charge in [-0.1, -0.05) is 6.92 Å². The first kappa shape index (κ1) is 11.3. The normalized spacial score (nSPS) is 11.2. The molecule has 9 heavy (non-hydrogen) atoms. The Balaban J connectivity index is 0. The molecule has 1 amide bonds. The van der Waals surface area contributed by atoms with E-state index >= 15 is 0 Å². The van der Waals surface area contributed by atoms with E-state index in [9.17, 15) is 4.79 Å². The number of amides is 1. The molecule has 0 heterocycles. The van der Waals surface area contributed by atoms with Crippen LogP contribution in [0.1, 0.15) is 13.3 Å². The van der Waals surface area contributed by atoms with Gasteiger partial charge >= 0.3 is 0 Å². The molecule has 1 atom stereocenters. The van der Waals surface area contributed by atoms with E-state index in [1.807, 2.05) is 0 Å². The molecule has 3 nitrogen and oxygen atoms in total. The summed E-state index contributed by atoms with van der Waals surface area (Å²) in [4.78, 5) is 10.2. The summed E-state index contributed by atoms with van der Waals surface area (Å²) in [5.74, 6) is -0.527. The van der Waals surface area contributed by atoms with Crippen molar-refractivity contribution < 1.29 is 4.79 Å². The minimum atomic E-state index is -0.339. The number of primary amides is 1. The minimum Gasteiger partial charge on any atom is -0.369 e. The number of rotatable bonds is 3. The predicted octanol–water partition coefficient (Wildman–Crippen LogP) is 0.569. The fourth-order valence-electron chi connectivity index (χ4n) is 0.293. The number of carbonyl (C=O) groups is 1. The van der Waals surface area contributed by atoms with Crippen molar-refractivity contribution in [2.24, 2.45) is 11.7 Å². The quantitative estimate of drug-likeness (QED) is 0.568. The first-order valence-corrected chi connectivity index (χ1v) is 2.46. The van der Waals surface area contributed by atoms with Gasteiger partial charge in [-0.15, -0.1) is 12.4 Å². The van der Waals surface area contributed by atoms with Gasteiger partial charge in [0.15, 0.2) is 0 Å². The first-order valence-electron chi connectivity index (χ1n) is 2.46. The van der Waals surface area contributed by atoms with Crippen LogP contribution < -0.4 is 5.73 Å². The zero-order chi connectivity index (χ0) is 6.57. The van der Waals surface area contributed by atoms with Crippen LogP contribution >= 0.6 is 12.4 Å². The van der Waals surface area contributed by atoms with Crippen LogP contribution in [0.5, 0.6) is 0 Å². The maximum atomic E-state index is 10.2. The third-order valence-corrected chi connectivity index (χ3v) is 0.957. The number of hydrogen-bond acceptors (Lipinski definition) is 2. The van der Waals surface area contributed by atoms with Gasteiger partial charge in [-0.25, -0.2) is 0 Å². The highest BCUT2D eigenvalue weighted by Gasteiger charge is 2.04. The van der Waals surface area contributed by atoms with Crippen molar-refractivity contribution in [1.29, 1.82) is 5.41 Å². The molecule has 0 aliphatic rings. The van der Waals surface area contributed by atoms with E-state index in [2.05, 4.69) is 0 Å². The lowest BCUT2D eigenvalue weighted by Gasteiger charge is -1.98. The summed E-state index contributed by atoms with van der Waals surface area (Å²) in [6.45, 7) is 1.70. The van der Waals surface area contributed by atoms with Crippen LogP contribution in [0.15, 0.2) is 0 Å². The number of carbonyl (C=O) groups excluding carboxylic acids is 1. The van der Waals surface area contributed by atoms with E-state index < -0.39 is 0 Å². The topological polar surface area (TPSA) is 66.9 Å². The summed E-state index contributed by atoms with van der Waals surface area (Å²) < 4.78 is 0. The molecule has 0 saturated carbocycles. The van der Waals surface area contributed by atoms with Gasteiger partial charge in [-0.3, -0.25) is 4.79 Å². The van der Waals surface area contributed by atoms with Crippen LogP contribution in [0.4, 0.5) is 0 Å². The monoisotopic (exact) mass is 150 g/mol. The first-order chi connectivity index (χ1) is 3.68. The third kappa shape index (κ3) is 5.30. The lowest BCUT2D eigenvalue weighted by Crippen LogP contribution is -2.20. The second-order valence-electron chi connectivity index (χ2n) is 1.74. The van der Waals surface area contributed by atoms with E-state index in [1.54, 1.807) is 6.92 Å². The Hall–Kier alpha value is -0.570. The number of hydrogen-bond donors (Lipinski definition) is 2. The average Bonchev–Trinajstić information content (AvgIpc) is 1.67. The van der Waals surface area contributed by atoms with Gasteiger partial charge in [0.2, 0.25) is 5.91 Å². The van der Waals surface area contributed by atoms with Crippen LogP contribution in [0.2, 0.25) is 0 Å². The molecule has 0 aromatic heterocycles. The molecular formula is C5H11ClN2O. The second kappa shape index (κ2) is 5.56. The van der Waals surface area contributed by atoms with Gasteiger partial charge in [-0.2, -0.15) is 0 Å². The molecule has 1 unspecified atom stereocenters. The number of nitrogens with two attached hydrogens (primary N) is 1. The Labute approximate surface area is 60.5 Å². The van der Waals surface area contributed by atoms with Crippen LogP contribution in [0.25, 0.3) is 0 Å². The molecule has 0 aromatic rings. The highest BCUT2D eigenvalue weighted by Crippen LogP contribution is 1.95. The van der Waals surface area contributed by atoms with Crippen molar-refractivity contribution in [3.8, 4) is 0 Å². The largest absolute Gasteiger partial charge is 0.369 e. The Morgan fingerprint density at radius 1 is 1.89 bits per heavy atom. The maximum Gasteiger partial charge on any atom is 0.220 e. The molecule has 0 fully saturated rings. The standard InChI is InChI=1S/C5H10N2O.ClH/c1-4(2-3-6)5(7)8;/h3-4,6H,2H2,1H3,(H2,7,8);1H. The van der Waals surface area contributed by atoms with Gasteiger partial charge in [0.05, 0.1) is 0 Å². The highest BCUT2D eigenvalue weighted by atomic mass is 35.5. The van der Waals surface area contributed by atoms with Crippen LogP contribution in [0.3, 0.4) is 0 Å². The molecule has 0 spiro atoms. The minimum absolute atomic E-state index is 0. The maximum absolute atomic E-state index is 10.2. The van der Waals surface area contributed by atoms with E-state index in [4.69, 9.17) is 11.1 Å². The fourth-order valence-corrected chi connectivity index (χ4v) is 0.293. The molecule has 0 aliphatic heterocycles. The molecule has 0 rings (SSSR count). The van der Waals surface area contributed by atoms with E-state index in [0.29, 0.717) is 6.42 Å². The smallest absolute Gasteiger partial charge is 0.220 e. The van der Waals surface area contributed by atoms with Gasteiger partial charge < -0.3 is 11.1 Å². The molecule has 0 saturated heterocycles. The average molecular weight is 151 g/mol. The van der Waals surface area contributed by atoms with Crippen molar-refractivity contribution in [1.82, 2.24) is 0 Å². The van der Waals surface area contributed by atoms with Crippen LogP contribution in [-0.2, 0) is 4.79 Å². The van der Waals surface area contributed by atoms with Crippen LogP contribution in [0, 0.1) is 11.3 Å². The molecule has 0 radical (unpaired) electrons. The third-order valence-electron chi connectivity index (χ3n) is 0.957. The van der Waals surface area contributed by atoms with Crippen molar-refractivity contribution in [3.05, 3.63) is 0 Å². The number of nitrogens with one attached hydrogen (secondary N) is 1. The van der Waals surface area contributed by atoms with Crippen molar-refractivity contribution in [2.45, 2.75) is 13.3 Å². The van der Waals surface area contributed by atoms with E-state index in [0.717, 1.165) is 0 Å². The molecule has 54 valence electrons. The zero-order valence-corrected chi connectivity index (χ0v) is 6.07. The van der Waals surface area contributed by atoms with Crippen molar-refractivity contribution in [2.75, 3.05) is 0 Å². The Bertz CT molecular complexity index is 105. The summed E-state index contributed by atoms with van der Waals surface area (Å²) in [5, 5.41) is 6.59. The van der Waals surface area contributed by atoms with Gasteiger partial charge in [0.25, 0.3) is 0 Å². The summed E-state index contributed by atoms with van der Waals surface area (Å²) in [7, 11) is 0. The predicted molar refractivity (Wildman–Crippen MR) is 39.0 cm³/mol. The summed E-state index contributed by atoms with van der Waals surface area (Å²) in [6.07, 6.45) is 1.64. The molecular weight excluding hydrogens is 140 g/mol. The lowest BCUT2D eigenvalue weighted by atomic mass is 10.1. The fraction of sp³-hybridized carbons (Fsp3) is 0.600. The Morgan fingerprint density at radius 2 is 2.33 bits per heavy atom. The lowest BCUT2D eigenvalue weighted by molar-refractivity contribution is -0.121. The Morgan fingerprint density at radius 3 is 2.44 bits per heavy atom. The molecule has 0 aromatic carbocycles. The molecule has 3 N–H and O–H groups in total. The summed E-state index contributed by atoms with van der Waals surface area (Å²) in [5.41, 5.74) is 4.88. The molecule has 4 heteroatoms. The SMILES string of the molecule is CC(CC=N)C(N)=O.Cl. The van der Waals surface area contributed by atoms with Gasteiger partial charge in [0, 0.05) is 5.92 Å². The van der Waals surface area contributed by atoms with E-state index in [1.165, 1.54) is 6.21 Å². The second-order valence-corrected chi connectivity index (χ2v) is 1.74. The van der Waals surface area contributed by atoms with Gasteiger partial charge in [-0.05, 0) is 12.6 Å². The number of halogens is 1. The summed E-state index contributed by atoms with van der Waals surface area (Å²) in [6, 6.07) is 0. The van der Waals surface area contributed by atoms with Crippen molar-refractivity contribution >= 4 is 24.5 Å². The zero-order valence-electron chi connectivity index (χ0n) is 5.26. The van der Waals surface area contributed by atoms with Crippen LogP contribution in [-0.4, -0.2) is 12.1 Å². The van der Waals surface area contributed by atoms with Crippen molar-refractivity contribution in [3.63, 3.8) is 0 Å². The van der Waals surface area contributed by atoms with Gasteiger partial charge in [0.1, 0.15) is 0 Å². The highest BCUT2D eigenvalue weighted by molar-refractivity contribution is 5.85. The van der Waals surface area contributed by atoms with E-state index in [-0.39, 0.29) is 24.2 Å².